The smallest absolute Gasteiger partial charge is 0.221 e. The molecular weight excluding hydrogens is 469 g/mol. The van der Waals surface area contributed by atoms with Crippen LogP contribution in [-0.4, -0.2) is 56.7 Å². The number of carbonyl (C=O) groups is 1. The molecule has 0 aliphatic carbocycles. The molecule has 0 spiro atoms. The quantitative estimate of drug-likeness (QED) is 0.207. The fraction of sp³-hybridized carbons (Fsp3) is 0.600. The number of amides is 1. The second kappa shape index (κ2) is 13.7. The minimum Gasteiger partial charge on any atom is -0.383 e. The third-order valence-corrected chi connectivity index (χ3v) is 4.67. The lowest BCUT2D eigenvalue weighted by Crippen LogP contribution is -2.40. The van der Waals surface area contributed by atoms with Gasteiger partial charge in [-0.2, -0.15) is 0 Å². The van der Waals surface area contributed by atoms with Gasteiger partial charge < -0.3 is 21.1 Å². The van der Waals surface area contributed by atoms with Crippen LogP contribution >= 0.6 is 24.0 Å². The number of methoxy groups -OCH3 is 1. The summed E-state index contributed by atoms with van der Waals surface area (Å²) in [5, 5.41) is 6.49. The number of halogens is 1. The molecule has 1 saturated heterocycles. The lowest BCUT2D eigenvalue weighted by molar-refractivity contribution is -0.123. The molecule has 1 aromatic carbocycles. The Balaban J connectivity index is 0.00000392. The van der Waals surface area contributed by atoms with Crippen molar-refractivity contribution in [1.82, 2.24) is 15.5 Å². The molecule has 1 amide bonds. The van der Waals surface area contributed by atoms with Gasteiger partial charge in [-0.05, 0) is 37.4 Å². The number of piperidine rings is 1. The Labute approximate surface area is 185 Å². The first kappa shape index (κ1) is 24.6. The van der Waals surface area contributed by atoms with E-state index in [1.165, 1.54) is 11.1 Å². The molecule has 1 atom stereocenters. The Morgan fingerprint density at radius 1 is 1.36 bits per heavy atom. The van der Waals surface area contributed by atoms with Crippen molar-refractivity contribution in [3.63, 3.8) is 0 Å². The van der Waals surface area contributed by atoms with Crippen LogP contribution in [0.5, 0.6) is 0 Å². The molecule has 0 aromatic heterocycles. The molecule has 4 N–H and O–H groups in total. The van der Waals surface area contributed by atoms with Crippen molar-refractivity contribution >= 4 is 35.8 Å². The number of aliphatic imine (C=N–C) groups is 1. The van der Waals surface area contributed by atoms with Crippen LogP contribution < -0.4 is 16.4 Å². The van der Waals surface area contributed by atoms with E-state index in [1.54, 1.807) is 7.11 Å². The highest BCUT2D eigenvalue weighted by Crippen LogP contribution is 2.19. The molecule has 2 rings (SSSR count). The highest BCUT2D eigenvalue weighted by atomic mass is 127. The van der Waals surface area contributed by atoms with Gasteiger partial charge in [0, 0.05) is 33.3 Å². The molecule has 1 aromatic rings. The van der Waals surface area contributed by atoms with E-state index in [1.807, 2.05) is 6.92 Å². The van der Waals surface area contributed by atoms with E-state index in [-0.39, 0.29) is 35.8 Å². The first-order valence-electron chi connectivity index (χ1n) is 9.73. The molecular formula is C20H34IN5O2. The second-order valence-electron chi connectivity index (χ2n) is 6.91. The predicted molar refractivity (Wildman–Crippen MR) is 124 cm³/mol. The van der Waals surface area contributed by atoms with Crippen LogP contribution in [0.1, 0.15) is 30.9 Å². The number of ether oxygens (including phenoxy) is 1. The van der Waals surface area contributed by atoms with E-state index in [2.05, 4.69) is 44.8 Å². The average Bonchev–Trinajstić information content (AvgIpc) is 2.67. The fourth-order valence-electron chi connectivity index (χ4n) is 3.30. The topological polar surface area (TPSA) is 92.0 Å². The summed E-state index contributed by atoms with van der Waals surface area (Å²) in [7, 11) is 1.69. The minimum atomic E-state index is -0.181. The van der Waals surface area contributed by atoms with Gasteiger partial charge in [0.1, 0.15) is 0 Å². The number of nitrogens with one attached hydrogen (secondary N) is 2. The van der Waals surface area contributed by atoms with E-state index < -0.39 is 0 Å². The maximum atomic E-state index is 11.5. The third kappa shape index (κ3) is 8.74. The average molecular weight is 503 g/mol. The van der Waals surface area contributed by atoms with Gasteiger partial charge in [0.2, 0.25) is 5.91 Å². The lowest BCUT2D eigenvalue weighted by atomic mass is 9.97. The standard InChI is InChI=1S/C20H33N5O2.HI/c1-3-22-20(23-9-11-27-2)24-13-16-6-4-7-17(12-16)14-25-10-5-8-18(15-25)19(21)26;/h4,6-7,12,18H,3,5,8-11,13-15H2,1-2H3,(H2,21,26)(H2,22,23,24);1H. The summed E-state index contributed by atoms with van der Waals surface area (Å²) in [5.41, 5.74) is 7.89. The highest BCUT2D eigenvalue weighted by molar-refractivity contribution is 14.0. The number of nitrogens with two attached hydrogens (primary N) is 1. The van der Waals surface area contributed by atoms with E-state index in [0.29, 0.717) is 13.2 Å². The van der Waals surface area contributed by atoms with Gasteiger partial charge in [0.15, 0.2) is 5.96 Å². The molecule has 1 heterocycles. The monoisotopic (exact) mass is 503 g/mol. The van der Waals surface area contributed by atoms with Crippen LogP contribution in [0.4, 0.5) is 0 Å². The number of guanidine groups is 1. The van der Waals surface area contributed by atoms with Crippen molar-refractivity contribution in [3.8, 4) is 0 Å². The van der Waals surface area contributed by atoms with Crippen molar-refractivity contribution < 1.29 is 9.53 Å². The minimum absolute atomic E-state index is 0. The van der Waals surface area contributed by atoms with Crippen LogP contribution in [0.2, 0.25) is 0 Å². The van der Waals surface area contributed by atoms with Crippen LogP contribution in [0.15, 0.2) is 29.3 Å². The molecule has 8 heteroatoms. The van der Waals surface area contributed by atoms with Crippen LogP contribution in [-0.2, 0) is 22.6 Å². The normalized spacial score (nSPS) is 17.6. The zero-order chi connectivity index (χ0) is 19.5. The molecule has 1 aliphatic heterocycles. The Morgan fingerprint density at radius 2 is 2.14 bits per heavy atom. The molecule has 0 saturated carbocycles. The van der Waals surface area contributed by atoms with E-state index in [4.69, 9.17) is 10.5 Å². The number of hydrogen-bond donors (Lipinski definition) is 3. The van der Waals surface area contributed by atoms with Crippen LogP contribution in [0, 0.1) is 5.92 Å². The highest BCUT2D eigenvalue weighted by Gasteiger charge is 2.23. The van der Waals surface area contributed by atoms with E-state index >= 15 is 0 Å². The van der Waals surface area contributed by atoms with Gasteiger partial charge in [0.05, 0.1) is 19.1 Å². The second-order valence-corrected chi connectivity index (χ2v) is 6.91. The molecule has 1 fully saturated rings. The summed E-state index contributed by atoms with van der Waals surface area (Å²) >= 11 is 0. The van der Waals surface area contributed by atoms with E-state index in [0.717, 1.165) is 51.5 Å². The maximum Gasteiger partial charge on any atom is 0.221 e. The molecule has 28 heavy (non-hydrogen) atoms. The summed E-state index contributed by atoms with van der Waals surface area (Å²) in [4.78, 5) is 18.4. The largest absolute Gasteiger partial charge is 0.383 e. The van der Waals surface area contributed by atoms with Crippen LogP contribution in [0.3, 0.4) is 0 Å². The van der Waals surface area contributed by atoms with Crippen molar-refractivity contribution in [1.29, 1.82) is 0 Å². The summed E-state index contributed by atoms with van der Waals surface area (Å²) in [5.74, 6) is 0.590. The fourth-order valence-corrected chi connectivity index (χ4v) is 3.30. The number of primary amides is 1. The van der Waals surface area contributed by atoms with Gasteiger partial charge in [0.25, 0.3) is 0 Å². The molecule has 158 valence electrons. The maximum absolute atomic E-state index is 11.5. The Kier molecular flexibility index (Phi) is 12.1. The number of carbonyl (C=O) groups excluding carboxylic acids is 1. The zero-order valence-electron chi connectivity index (χ0n) is 16.9. The first-order valence-corrected chi connectivity index (χ1v) is 9.73. The Bertz CT molecular complexity index is 626. The van der Waals surface area contributed by atoms with Crippen molar-refractivity contribution in [2.24, 2.45) is 16.6 Å². The van der Waals surface area contributed by atoms with Crippen molar-refractivity contribution in [2.45, 2.75) is 32.9 Å². The lowest BCUT2D eigenvalue weighted by Gasteiger charge is -2.31. The number of benzene rings is 1. The molecule has 1 aliphatic rings. The number of rotatable bonds is 9. The van der Waals surface area contributed by atoms with Gasteiger partial charge in [-0.3, -0.25) is 9.69 Å². The third-order valence-electron chi connectivity index (χ3n) is 4.67. The Hall–Kier alpha value is -1.39. The van der Waals surface area contributed by atoms with Gasteiger partial charge in [-0.15, -0.1) is 24.0 Å². The van der Waals surface area contributed by atoms with E-state index in [9.17, 15) is 4.79 Å². The van der Waals surface area contributed by atoms with Crippen molar-refractivity contribution in [3.05, 3.63) is 35.4 Å². The number of nitrogens with zero attached hydrogens (tertiary/aromatic N) is 2. The van der Waals surface area contributed by atoms with Gasteiger partial charge in [-0.1, -0.05) is 24.3 Å². The van der Waals surface area contributed by atoms with Crippen molar-refractivity contribution in [2.75, 3.05) is 39.9 Å². The zero-order valence-corrected chi connectivity index (χ0v) is 19.3. The summed E-state index contributed by atoms with van der Waals surface area (Å²) in [6, 6.07) is 8.48. The Morgan fingerprint density at radius 3 is 2.86 bits per heavy atom. The molecule has 0 bridgehead atoms. The van der Waals surface area contributed by atoms with Gasteiger partial charge >= 0.3 is 0 Å². The number of likely N-dealkylation sites (tertiary alicyclic amines) is 1. The molecule has 0 radical (unpaired) electrons. The SMILES string of the molecule is CCNC(=NCc1cccc(CN2CCCC(C(N)=O)C2)c1)NCCOC.I. The molecule has 7 nitrogen and oxygen atoms in total. The van der Waals surface area contributed by atoms with Crippen LogP contribution in [0.25, 0.3) is 0 Å². The molecule has 1 unspecified atom stereocenters. The predicted octanol–water partition coefficient (Wildman–Crippen LogP) is 1.70. The van der Waals surface area contributed by atoms with Gasteiger partial charge in [-0.25, -0.2) is 4.99 Å². The summed E-state index contributed by atoms with van der Waals surface area (Å²) in [6.45, 7) is 7.45. The summed E-state index contributed by atoms with van der Waals surface area (Å²) < 4.78 is 5.06. The first-order chi connectivity index (χ1) is 13.1. The summed E-state index contributed by atoms with van der Waals surface area (Å²) in [6.07, 6.45) is 1.93. The number of hydrogen-bond acceptors (Lipinski definition) is 4.